The maximum atomic E-state index is 14.0. The largest absolute Gasteiger partial charge is 0.451 e. The number of esters is 1. The molecule has 0 saturated carbocycles. The molecule has 0 amide bonds. The highest BCUT2D eigenvalue weighted by atomic mass is 19.2. The standard InChI is InChI=1S/C27H25F4N3O6/c1-26(2)37-13-20-23(40-26)22(34-12-19(32-33-34)15-10-17(29)21(31)18(30)11-15)24(27(39-20)7-4-8-36-27)38-25(35)14-5-3-6-16(28)9-14/h3,5-6,9-12,20,22-24H,4,7-8,13H2,1-2H3/t20-,22+,23+,24-,27+/m1/s1. The summed E-state index contributed by atoms with van der Waals surface area (Å²) in [6.45, 7) is 3.87. The third-order valence-electron chi connectivity index (χ3n) is 7.22. The van der Waals surface area contributed by atoms with E-state index in [2.05, 4.69) is 10.3 Å². The Labute approximate surface area is 225 Å². The summed E-state index contributed by atoms with van der Waals surface area (Å²) in [5.41, 5.74) is -0.0535. The van der Waals surface area contributed by atoms with Gasteiger partial charge >= 0.3 is 5.97 Å². The van der Waals surface area contributed by atoms with E-state index in [1.165, 1.54) is 29.1 Å². The molecule has 13 heteroatoms. The molecule has 1 aromatic heterocycles. The summed E-state index contributed by atoms with van der Waals surface area (Å²) in [5.74, 6) is -8.29. The van der Waals surface area contributed by atoms with Crippen molar-refractivity contribution >= 4 is 5.97 Å². The Morgan fingerprint density at radius 3 is 2.55 bits per heavy atom. The van der Waals surface area contributed by atoms with Crippen LogP contribution >= 0.6 is 0 Å². The second-order valence-electron chi connectivity index (χ2n) is 10.4. The first-order valence-electron chi connectivity index (χ1n) is 12.7. The molecular formula is C27H25F4N3O6. The lowest BCUT2D eigenvalue weighted by Crippen LogP contribution is -2.67. The highest BCUT2D eigenvalue weighted by Crippen LogP contribution is 2.48. The van der Waals surface area contributed by atoms with E-state index in [-0.39, 0.29) is 23.4 Å². The fraction of sp³-hybridized carbons (Fsp3) is 0.444. The molecule has 212 valence electrons. The Morgan fingerprint density at radius 1 is 1.07 bits per heavy atom. The summed E-state index contributed by atoms with van der Waals surface area (Å²) in [6, 6.07) is 5.72. The van der Waals surface area contributed by atoms with Crippen LogP contribution in [0.2, 0.25) is 0 Å². The SMILES string of the molecule is CC1(C)OC[C@H]2O[C@@]3(CCCO3)[C@H](OC(=O)c3cccc(F)c3)[C@@H](n3cc(-c4cc(F)c(F)c(F)c4)nn3)[C@H]2O1. The van der Waals surface area contributed by atoms with Crippen LogP contribution in [0.15, 0.2) is 42.6 Å². The summed E-state index contributed by atoms with van der Waals surface area (Å²) < 4.78 is 87.2. The molecule has 5 atom stereocenters. The van der Waals surface area contributed by atoms with Gasteiger partial charge in [-0.1, -0.05) is 11.3 Å². The highest BCUT2D eigenvalue weighted by Gasteiger charge is 2.62. The molecule has 3 saturated heterocycles. The van der Waals surface area contributed by atoms with Crippen LogP contribution < -0.4 is 0 Å². The summed E-state index contributed by atoms with van der Waals surface area (Å²) in [7, 11) is 0. The number of hydrogen-bond donors (Lipinski definition) is 0. The first-order valence-corrected chi connectivity index (χ1v) is 12.7. The average Bonchev–Trinajstić information content (AvgIpc) is 3.58. The maximum Gasteiger partial charge on any atom is 0.338 e. The van der Waals surface area contributed by atoms with Crippen LogP contribution in [0.1, 0.15) is 43.1 Å². The van der Waals surface area contributed by atoms with Gasteiger partial charge in [-0.05, 0) is 50.6 Å². The highest BCUT2D eigenvalue weighted by molar-refractivity contribution is 5.89. The van der Waals surface area contributed by atoms with Crippen LogP contribution in [-0.4, -0.2) is 64.1 Å². The molecule has 6 rings (SSSR count). The zero-order valence-corrected chi connectivity index (χ0v) is 21.5. The van der Waals surface area contributed by atoms with Crippen molar-refractivity contribution in [2.75, 3.05) is 13.2 Å². The van der Waals surface area contributed by atoms with Crippen molar-refractivity contribution in [3.05, 3.63) is 71.4 Å². The lowest BCUT2D eigenvalue weighted by molar-refractivity contribution is -0.398. The van der Waals surface area contributed by atoms with Crippen LogP contribution in [0.25, 0.3) is 11.3 Å². The van der Waals surface area contributed by atoms with Crippen LogP contribution in [-0.2, 0) is 23.7 Å². The van der Waals surface area contributed by atoms with E-state index in [1.807, 2.05) is 0 Å². The fourth-order valence-corrected chi connectivity index (χ4v) is 5.42. The Morgan fingerprint density at radius 2 is 1.85 bits per heavy atom. The number of nitrogens with zero attached hydrogens (tertiary/aromatic N) is 3. The Balaban J connectivity index is 1.44. The molecule has 0 bridgehead atoms. The Hall–Kier alpha value is -3.39. The Kier molecular flexibility index (Phi) is 6.64. The lowest BCUT2D eigenvalue weighted by Gasteiger charge is -2.53. The number of carbonyl (C=O) groups is 1. The monoisotopic (exact) mass is 563 g/mol. The predicted octanol–water partition coefficient (Wildman–Crippen LogP) is 4.33. The van der Waals surface area contributed by atoms with Gasteiger partial charge in [0.05, 0.1) is 25.0 Å². The van der Waals surface area contributed by atoms with Crippen molar-refractivity contribution in [3.8, 4) is 11.3 Å². The number of fused-ring (bicyclic) bond motifs is 1. The van der Waals surface area contributed by atoms with E-state index in [0.717, 1.165) is 18.2 Å². The smallest absolute Gasteiger partial charge is 0.338 e. The molecule has 2 aromatic carbocycles. The Bertz CT molecular complexity index is 1420. The quantitative estimate of drug-likeness (QED) is 0.263. The third kappa shape index (κ3) is 4.76. The van der Waals surface area contributed by atoms with Gasteiger partial charge in [0.25, 0.3) is 0 Å². The molecule has 0 N–H and O–H groups in total. The normalized spacial score (nSPS) is 29.4. The van der Waals surface area contributed by atoms with Gasteiger partial charge in [0, 0.05) is 12.0 Å². The lowest BCUT2D eigenvalue weighted by atomic mass is 9.87. The van der Waals surface area contributed by atoms with Gasteiger partial charge < -0.3 is 23.7 Å². The zero-order chi connectivity index (χ0) is 28.2. The van der Waals surface area contributed by atoms with E-state index in [0.29, 0.717) is 19.4 Å². The van der Waals surface area contributed by atoms with Crippen LogP contribution in [0, 0.1) is 23.3 Å². The molecule has 0 aliphatic carbocycles. The summed E-state index contributed by atoms with van der Waals surface area (Å²) in [5, 5.41) is 8.23. The molecule has 1 spiro atoms. The molecule has 0 radical (unpaired) electrons. The second-order valence-corrected chi connectivity index (χ2v) is 10.4. The summed E-state index contributed by atoms with van der Waals surface area (Å²) in [4.78, 5) is 13.3. The van der Waals surface area contributed by atoms with Crippen molar-refractivity contribution in [1.82, 2.24) is 15.0 Å². The number of hydrogen-bond acceptors (Lipinski definition) is 8. The predicted molar refractivity (Wildman–Crippen MR) is 128 cm³/mol. The van der Waals surface area contributed by atoms with Gasteiger partial charge in [0.15, 0.2) is 29.3 Å². The van der Waals surface area contributed by atoms with Crippen LogP contribution in [0.4, 0.5) is 17.6 Å². The molecule has 0 unspecified atom stereocenters. The molecule has 4 heterocycles. The number of rotatable bonds is 4. The van der Waals surface area contributed by atoms with E-state index < -0.39 is 65.2 Å². The zero-order valence-electron chi connectivity index (χ0n) is 21.5. The van der Waals surface area contributed by atoms with Crippen molar-refractivity contribution in [3.63, 3.8) is 0 Å². The van der Waals surface area contributed by atoms with Gasteiger partial charge in [-0.25, -0.2) is 27.0 Å². The van der Waals surface area contributed by atoms with E-state index in [4.69, 9.17) is 23.7 Å². The minimum atomic E-state index is -1.61. The van der Waals surface area contributed by atoms with Crippen molar-refractivity contribution in [2.24, 2.45) is 0 Å². The maximum absolute atomic E-state index is 14.0. The first kappa shape index (κ1) is 26.8. The van der Waals surface area contributed by atoms with Gasteiger partial charge in [0.1, 0.15) is 29.8 Å². The number of benzene rings is 2. The molecule has 3 aliphatic rings. The van der Waals surface area contributed by atoms with Gasteiger partial charge in [0.2, 0.25) is 5.79 Å². The summed E-state index contributed by atoms with van der Waals surface area (Å²) in [6.07, 6.45) is -0.308. The number of aromatic nitrogens is 3. The van der Waals surface area contributed by atoms with Crippen molar-refractivity contribution < 1.29 is 46.0 Å². The molecular weight excluding hydrogens is 538 g/mol. The molecule has 3 fully saturated rings. The third-order valence-corrected chi connectivity index (χ3v) is 7.22. The fourth-order valence-electron chi connectivity index (χ4n) is 5.42. The summed E-state index contributed by atoms with van der Waals surface area (Å²) >= 11 is 0. The molecule has 3 aromatic rings. The topological polar surface area (TPSA) is 93.9 Å². The van der Waals surface area contributed by atoms with E-state index in [1.54, 1.807) is 13.8 Å². The first-order chi connectivity index (χ1) is 19.1. The average molecular weight is 564 g/mol. The van der Waals surface area contributed by atoms with E-state index >= 15 is 0 Å². The molecule has 40 heavy (non-hydrogen) atoms. The van der Waals surface area contributed by atoms with Crippen molar-refractivity contribution in [2.45, 2.75) is 62.6 Å². The molecule has 3 aliphatic heterocycles. The molecule has 9 nitrogen and oxygen atoms in total. The van der Waals surface area contributed by atoms with Crippen LogP contribution in [0.5, 0.6) is 0 Å². The van der Waals surface area contributed by atoms with Gasteiger partial charge in [-0.2, -0.15) is 0 Å². The van der Waals surface area contributed by atoms with Gasteiger partial charge in [-0.15, -0.1) is 5.10 Å². The van der Waals surface area contributed by atoms with Gasteiger partial charge in [-0.3, -0.25) is 0 Å². The second kappa shape index (κ2) is 9.91. The van der Waals surface area contributed by atoms with E-state index in [9.17, 15) is 22.4 Å². The number of halogens is 4. The van der Waals surface area contributed by atoms with Crippen molar-refractivity contribution in [1.29, 1.82) is 0 Å². The minimum absolute atomic E-state index is 0.0289. The number of ether oxygens (including phenoxy) is 5. The number of carbonyl (C=O) groups excluding carboxylic acids is 1. The van der Waals surface area contributed by atoms with Crippen LogP contribution in [0.3, 0.4) is 0 Å². The minimum Gasteiger partial charge on any atom is -0.451 e.